The van der Waals surface area contributed by atoms with Gasteiger partial charge in [-0.2, -0.15) is 0 Å². The Bertz CT molecular complexity index is 372. The van der Waals surface area contributed by atoms with Crippen LogP contribution in [-0.2, 0) is 4.79 Å². The first-order valence-electron chi connectivity index (χ1n) is 6.13. The summed E-state index contributed by atoms with van der Waals surface area (Å²) in [7, 11) is 0. The molecule has 1 aromatic carbocycles. The van der Waals surface area contributed by atoms with Crippen LogP contribution in [0.2, 0.25) is 0 Å². The quantitative estimate of drug-likeness (QED) is 0.466. The number of hydrogen-bond acceptors (Lipinski definition) is 3. The molecule has 0 bridgehead atoms. The molecule has 0 amide bonds. The summed E-state index contributed by atoms with van der Waals surface area (Å²) in [6.45, 7) is 3.94. The third-order valence-corrected chi connectivity index (χ3v) is 2.62. The molecule has 3 heteroatoms. The number of rotatable bonds is 6. The molecule has 0 fully saturated rings. The van der Waals surface area contributed by atoms with Crippen molar-refractivity contribution in [3.8, 4) is 11.5 Å². The molecular formula is C14H20O3. The van der Waals surface area contributed by atoms with E-state index in [1.165, 1.54) is 6.07 Å². The summed E-state index contributed by atoms with van der Waals surface area (Å²) in [6, 6.07) is 4.72. The van der Waals surface area contributed by atoms with Crippen LogP contribution in [0.1, 0.15) is 44.6 Å². The maximum Gasteiger partial charge on any atom is 0.311 e. The lowest BCUT2D eigenvalue weighted by atomic mass is 10.1. The van der Waals surface area contributed by atoms with Gasteiger partial charge >= 0.3 is 5.97 Å². The highest BCUT2D eigenvalue weighted by molar-refractivity contribution is 5.72. The highest BCUT2D eigenvalue weighted by Crippen LogP contribution is 2.22. The number of aryl methyl sites for hydroxylation is 1. The predicted molar refractivity (Wildman–Crippen MR) is 67.2 cm³/mol. The summed E-state index contributed by atoms with van der Waals surface area (Å²) < 4.78 is 5.23. The molecule has 1 N–H and O–H groups in total. The van der Waals surface area contributed by atoms with Crippen molar-refractivity contribution in [2.45, 2.75) is 46.0 Å². The van der Waals surface area contributed by atoms with Crippen molar-refractivity contribution in [3.63, 3.8) is 0 Å². The number of ether oxygens (including phenoxy) is 1. The van der Waals surface area contributed by atoms with E-state index in [1.807, 2.05) is 0 Å². The Morgan fingerprint density at radius 3 is 2.71 bits per heavy atom. The van der Waals surface area contributed by atoms with E-state index in [4.69, 9.17) is 4.74 Å². The maximum atomic E-state index is 11.5. The second-order valence-electron chi connectivity index (χ2n) is 4.23. The molecule has 1 rings (SSSR count). The van der Waals surface area contributed by atoms with Gasteiger partial charge in [0, 0.05) is 6.42 Å². The third kappa shape index (κ3) is 4.89. The van der Waals surface area contributed by atoms with E-state index in [0.29, 0.717) is 12.2 Å². The lowest BCUT2D eigenvalue weighted by Gasteiger charge is -2.07. The fourth-order valence-electron chi connectivity index (χ4n) is 1.62. The number of carbonyl (C=O) groups excluding carboxylic acids is 1. The first-order chi connectivity index (χ1) is 8.13. The molecule has 1 aromatic rings. The van der Waals surface area contributed by atoms with Crippen LogP contribution in [0.25, 0.3) is 0 Å². The van der Waals surface area contributed by atoms with Gasteiger partial charge in [0.1, 0.15) is 11.5 Å². The minimum Gasteiger partial charge on any atom is -0.508 e. The molecule has 0 aliphatic rings. The van der Waals surface area contributed by atoms with E-state index in [9.17, 15) is 9.90 Å². The lowest BCUT2D eigenvalue weighted by Crippen LogP contribution is -2.08. The molecule has 0 unspecified atom stereocenters. The molecule has 0 heterocycles. The van der Waals surface area contributed by atoms with Crippen LogP contribution >= 0.6 is 0 Å². The Kier molecular flexibility index (Phi) is 5.53. The van der Waals surface area contributed by atoms with Crippen molar-refractivity contribution in [2.75, 3.05) is 0 Å². The van der Waals surface area contributed by atoms with Gasteiger partial charge in [0.15, 0.2) is 0 Å². The van der Waals surface area contributed by atoms with E-state index in [-0.39, 0.29) is 11.7 Å². The molecule has 0 aromatic heterocycles. The van der Waals surface area contributed by atoms with Crippen LogP contribution in [0.5, 0.6) is 11.5 Å². The Hall–Kier alpha value is -1.51. The summed E-state index contributed by atoms with van der Waals surface area (Å²) in [5.41, 5.74) is 0.770. The van der Waals surface area contributed by atoms with Crippen molar-refractivity contribution < 1.29 is 14.6 Å². The zero-order chi connectivity index (χ0) is 12.7. The van der Waals surface area contributed by atoms with Gasteiger partial charge < -0.3 is 9.84 Å². The summed E-state index contributed by atoms with van der Waals surface area (Å²) >= 11 is 0. The first-order valence-corrected chi connectivity index (χ1v) is 6.13. The topological polar surface area (TPSA) is 46.5 Å². The molecule has 0 aliphatic carbocycles. The second-order valence-corrected chi connectivity index (χ2v) is 4.23. The van der Waals surface area contributed by atoms with Gasteiger partial charge in [0.25, 0.3) is 0 Å². The Balaban J connectivity index is 2.40. The zero-order valence-corrected chi connectivity index (χ0v) is 10.5. The Labute approximate surface area is 102 Å². The lowest BCUT2D eigenvalue weighted by molar-refractivity contribution is -0.134. The van der Waals surface area contributed by atoms with Crippen molar-refractivity contribution in [2.24, 2.45) is 0 Å². The van der Waals surface area contributed by atoms with Crippen LogP contribution in [0.4, 0.5) is 0 Å². The Morgan fingerprint density at radius 2 is 2.06 bits per heavy atom. The highest BCUT2D eigenvalue weighted by atomic mass is 16.5. The first kappa shape index (κ1) is 13.6. The van der Waals surface area contributed by atoms with Crippen molar-refractivity contribution >= 4 is 5.97 Å². The maximum absolute atomic E-state index is 11.5. The van der Waals surface area contributed by atoms with Gasteiger partial charge in [-0.1, -0.05) is 26.2 Å². The molecule has 0 saturated carbocycles. The molecular weight excluding hydrogens is 216 g/mol. The van der Waals surface area contributed by atoms with E-state index in [0.717, 1.165) is 31.2 Å². The number of phenols is 1. The summed E-state index contributed by atoms with van der Waals surface area (Å²) in [4.78, 5) is 11.5. The standard InChI is InChI=1S/C14H20O3/c1-3-4-5-6-7-14(16)17-13-9-8-12(15)10-11(13)2/h8-10,15H,3-7H2,1-2H3. The van der Waals surface area contributed by atoms with Gasteiger partial charge in [0.2, 0.25) is 0 Å². The fraction of sp³-hybridized carbons (Fsp3) is 0.500. The molecule has 0 saturated heterocycles. The van der Waals surface area contributed by atoms with Gasteiger partial charge in [-0.25, -0.2) is 0 Å². The van der Waals surface area contributed by atoms with Gasteiger partial charge in [-0.15, -0.1) is 0 Å². The average Bonchev–Trinajstić information content (AvgIpc) is 2.28. The minimum absolute atomic E-state index is 0.185. The number of unbranched alkanes of at least 4 members (excludes halogenated alkanes) is 3. The van der Waals surface area contributed by atoms with E-state index in [2.05, 4.69) is 6.92 Å². The molecule has 0 aliphatic heterocycles. The molecule has 94 valence electrons. The number of benzene rings is 1. The van der Waals surface area contributed by atoms with Gasteiger partial charge in [-0.3, -0.25) is 4.79 Å². The summed E-state index contributed by atoms with van der Waals surface area (Å²) in [6.07, 6.45) is 4.72. The average molecular weight is 236 g/mol. The molecule has 0 spiro atoms. The number of esters is 1. The number of aromatic hydroxyl groups is 1. The zero-order valence-electron chi connectivity index (χ0n) is 10.5. The highest BCUT2D eigenvalue weighted by Gasteiger charge is 2.07. The molecule has 0 radical (unpaired) electrons. The van der Waals surface area contributed by atoms with E-state index in [1.54, 1.807) is 19.1 Å². The van der Waals surface area contributed by atoms with Gasteiger partial charge in [0.05, 0.1) is 0 Å². The van der Waals surface area contributed by atoms with Crippen molar-refractivity contribution in [1.82, 2.24) is 0 Å². The summed E-state index contributed by atoms with van der Waals surface area (Å²) in [5.74, 6) is 0.517. The smallest absolute Gasteiger partial charge is 0.311 e. The van der Waals surface area contributed by atoms with Crippen LogP contribution in [0, 0.1) is 6.92 Å². The molecule has 17 heavy (non-hydrogen) atoms. The van der Waals surface area contributed by atoms with E-state index >= 15 is 0 Å². The third-order valence-electron chi connectivity index (χ3n) is 2.62. The van der Waals surface area contributed by atoms with Gasteiger partial charge in [-0.05, 0) is 37.1 Å². The summed E-state index contributed by atoms with van der Waals surface area (Å²) in [5, 5.41) is 9.23. The number of carbonyl (C=O) groups is 1. The van der Waals surface area contributed by atoms with Crippen LogP contribution in [0.15, 0.2) is 18.2 Å². The Morgan fingerprint density at radius 1 is 1.29 bits per heavy atom. The molecule has 0 atom stereocenters. The predicted octanol–water partition coefficient (Wildman–Crippen LogP) is 3.58. The largest absolute Gasteiger partial charge is 0.508 e. The molecule has 3 nitrogen and oxygen atoms in total. The van der Waals surface area contributed by atoms with Crippen LogP contribution in [-0.4, -0.2) is 11.1 Å². The van der Waals surface area contributed by atoms with E-state index < -0.39 is 0 Å². The van der Waals surface area contributed by atoms with Crippen LogP contribution in [0.3, 0.4) is 0 Å². The monoisotopic (exact) mass is 236 g/mol. The normalized spacial score (nSPS) is 10.2. The van der Waals surface area contributed by atoms with Crippen molar-refractivity contribution in [1.29, 1.82) is 0 Å². The SMILES string of the molecule is CCCCCCC(=O)Oc1ccc(O)cc1C. The second kappa shape index (κ2) is 6.94. The minimum atomic E-state index is -0.199. The van der Waals surface area contributed by atoms with Crippen molar-refractivity contribution in [3.05, 3.63) is 23.8 Å². The number of hydrogen-bond donors (Lipinski definition) is 1. The fourth-order valence-corrected chi connectivity index (χ4v) is 1.62. The number of phenolic OH excluding ortho intramolecular Hbond substituents is 1. The van der Waals surface area contributed by atoms with Crippen LogP contribution < -0.4 is 4.74 Å².